The fraction of sp³-hybridized carbons (Fsp3) is 0.417. The van der Waals surface area contributed by atoms with Gasteiger partial charge in [-0.3, -0.25) is 4.40 Å². The van der Waals surface area contributed by atoms with Crippen molar-refractivity contribution in [1.29, 1.82) is 0 Å². The van der Waals surface area contributed by atoms with Crippen molar-refractivity contribution in [2.45, 2.75) is 38.1 Å². The van der Waals surface area contributed by atoms with E-state index in [1.54, 1.807) is 16.7 Å². The molecular formula is C12H15ClN2O2S. The second-order valence-corrected chi connectivity index (χ2v) is 6.92. The number of aromatic nitrogens is 2. The molecule has 0 aliphatic heterocycles. The summed E-state index contributed by atoms with van der Waals surface area (Å²) in [6, 6.07) is 3.68. The summed E-state index contributed by atoms with van der Waals surface area (Å²) < 4.78 is 25.1. The first-order chi connectivity index (χ1) is 8.36. The molecule has 0 N–H and O–H groups in total. The van der Waals surface area contributed by atoms with Crippen LogP contribution in [0.4, 0.5) is 0 Å². The van der Waals surface area contributed by atoms with E-state index in [0.29, 0.717) is 11.3 Å². The zero-order chi connectivity index (χ0) is 13.5. The monoisotopic (exact) mass is 286 g/mol. The molecule has 6 heteroatoms. The number of imidazole rings is 1. The van der Waals surface area contributed by atoms with Gasteiger partial charge in [-0.2, -0.15) is 0 Å². The largest absolute Gasteiger partial charge is 0.289 e. The third kappa shape index (κ3) is 2.12. The summed E-state index contributed by atoms with van der Waals surface area (Å²) in [7, 11) is 1.73. The number of halogens is 1. The van der Waals surface area contributed by atoms with Gasteiger partial charge in [0.15, 0.2) is 5.03 Å². The van der Waals surface area contributed by atoms with Gasteiger partial charge in [0, 0.05) is 22.8 Å². The molecule has 0 spiro atoms. The summed E-state index contributed by atoms with van der Waals surface area (Å²) >= 11 is 0. The highest BCUT2D eigenvalue weighted by Crippen LogP contribution is 2.29. The maximum absolute atomic E-state index is 11.8. The molecule has 0 saturated carbocycles. The topological polar surface area (TPSA) is 51.4 Å². The molecule has 0 fully saturated rings. The molecule has 0 saturated heterocycles. The lowest BCUT2D eigenvalue weighted by Crippen LogP contribution is -2.03. The van der Waals surface area contributed by atoms with Gasteiger partial charge in [-0.25, -0.2) is 13.4 Å². The predicted molar refractivity (Wildman–Crippen MR) is 71.7 cm³/mol. The van der Waals surface area contributed by atoms with Crippen LogP contribution < -0.4 is 0 Å². The maximum atomic E-state index is 11.8. The Balaban J connectivity index is 2.90. The van der Waals surface area contributed by atoms with E-state index >= 15 is 0 Å². The van der Waals surface area contributed by atoms with Crippen LogP contribution in [0.15, 0.2) is 23.4 Å². The molecule has 1 unspecified atom stereocenters. The van der Waals surface area contributed by atoms with Crippen LogP contribution in [0.3, 0.4) is 0 Å². The number of rotatable bonds is 3. The summed E-state index contributed by atoms with van der Waals surface area (Å²) in [5.74, 6) is 0.0489. The Kier molecular flexibility index (Phi) is 3.38. The minimum Gasteiger partial charge on any atom is -0.289 e. The Morgan fingerprint density at radius 3 is 2.72 bits per heavy atom. The Labute approximate surface area is 111 Å². The number of hydrogen-bond acceptors (Lipinski definition) is 3. The van der Waals surface area contributed by atoms with Crippen molar-refractivity contribution in [3.05, 3.63) is 29.6 Å². The molecule has 0 radical (unpaired) electrons. The van der Waals surface area contributed by atoms with Crippen molar-refractivity contribution in [2.24, 2.45) is 0 Å². The standard InChI is InChI=1S/C12H15ClN2O2S/c1-4-8(2)10-12(18(13,16)17)15-7-5-6-9(3)11(15)14-10/h5-8H,4H2,1-3H3. The van der Waals surface area contributed by atoms with Crippen LogP contribution in [0, 0.1) is 6.92 Å². The predicted octanol–water partition coefficient (Wildman–Crippen LogP) is 3.08. The number of aryl methyl sites for hydroxylation is 1. The quantitative estimate of drug-likeness (QED) is 0.815. The van der Waals surface area contributed by atoms with Gasteiger partial charge in [-0.1, -0.05) is 19.9 Å². The molecule has 4 nitrogen and oxygen atoms in total. The zero-order valence-electron chi connectivity index (χ0n) is 10.5. The Morgan fingerprint density at radius 2 is 2.17 bits per heavy atom. The number of fused-ring (bicyclic) bond motifs is 1. The van der Waals surface area contributed by atoms with Crippen LogP contribution in [0.1, 0.15) is 37.4 Å². The van der Waals surface area contributed by atoms with E-state index in [-0.39, 0.29) is 10.9 Å². The summed E-state index contributed by atoms with van der Waals surface area (Å²) in [5, 5.41) is 0.0946. The Bertz CT molecular complexity index is 691. The van der Waals surface area contributed by atoms with Crippen molar-refractivity contribution in [3.63, 3.8) is 0 Å². The molecule has 0 amide bonds. The lowest BCUT2D eigenvalue weighted by atomic mass is 10.1. The van der Waals surface area contributed by atoms with Crippen molar-refractivity contribution >= 4 is 25.4 Å². The summed E-state index contributed by atoms with van der Waals surface area (Å²) in [5.41, 5.74) is 2.11. The van der Waals surface area contributed by atoms with Crippen LogP contribution >= 0.6 is 10.7 Å². The second-order valence-electron chi connectivity index (χ2n) is 4.43. The molecule has 1 atom stereocenters. The summed E-state index contributed by atoms with van der Waals surface area (Å²) in [6.45, 7) is 5.84. The molecule has 2 heterocycles. The summed E-state index contributed by atoms with van der Waals surface area (Å²) in [6.07, 6.45) is 2.48. The van der Waals surface area contributed by atoms with E-state index < -0.39 is 9.05 Å². The number of hydrogen-bond donors (Lipinski definition) is 0. The van der Waals surface area contributed by atoms with E-state index in [4.69, 9.17) is 10.7 Å². The summed E-state index contributed by atoms with van der Waals surface area (Å²) in [4.78, 5) is 4.45. The molecule has 2 aromatic rings. The normalized spacial score (nSPS) is 14.0. The van der Waals surface area contributed by atoms with Crippen LogP contribution in [0.2, 0.25) is 0 Å². The van der Waals surface area contributed by atoms with Gasteiger partial charge < -0.3 is 0 Å². The SMILES string of the molecule is CCC(C)c1nc2c(C)cccn2c1S(=O)(=O)Cl. The first-order valence-electron chi connectivity index (χ1n) is 5.78. The molecule has 98 valence electrons. The van der Waals surface area contributed by atoms with E-state index in [1.165, 1.54) is 0 Å². The minimum absolute atomic E-state index is 0.0489. The smallest absolute Gasteiger partial charge is 0.279 e. The second kappa shape index (κ2) is 4.55. The van der Waals surface area contributed by atoms with Crippen LogP contribution in [-0.4, -0.2) is 17.8 Å². The zero-order valence-corrected chi connectivity index (χ0v) is 12.1. The van der Waals surface area contributed by atoms with Gasteiger partial charge in [-0.05, 0) is 25.0 Å². The maximum Gasteiger partial charge on any atom is 0.279 e. The van der Waals surface area contributed by atoms with Crippen LogP contribution in [-0.2, 0) is 9.05 Å². The molecular weight excluding hydrogens is 272 g/mol. The fourth-order valence-corrected chi connectivity index (χ4v) is 3.30. The van der Waals surface area contributed by atoms with Gasteiger partial charge in [-0.15, -0.1) is 0 Å². The van der Waals surface area contributed by atoms with Crippen molar-refractivity contribution in [2.75, 3.05) is 0 Å². The third-order valence-electron chi connectivity index (χ3n) is 3.14. The Morgan fingerprint density at radius 1 is 1.50 bits per heavy atom. The number of pyridine rings is 1. The molecule has 0 bridgehead atoms. The molecule has 0 aliphatic carbocycles. The van der Waals surface area contributed by atoms with Crippen molar-refractivity contribution < 1.29 is 8.42 Å². The molecule has 2 rings (SSSR count). The van der Waals surface area contributed by atoms with Gasteiger partial charge >= 0.3 is 0 Å². The highest BCUT2D eigenvalue weighted by molar-refractivity contribution is 8.13. The lowest BCUT2D eigenvalue weighted by Gasteiger charge is -2.06. The molecule has 2 aromatic heterocycles. The van der Waals surface area contributed by atoms with E-state index in [0.717, 1.165) is 12.0 Å². The van der Waals surface area contributed by atoms with Crippen LogP contribution in [0.5, 0.6) is 0 Å². The first-order valence-corrected chi connectivity index (χ1v) is 8.09. The average Bonchev–Trinajstić information content (AvgIpc) is 2.68. The van der Waals surface area contributed by atoms with Gasteiger partial charge in [0.1, 0.15) is 5.65 Å². The van der Waals surface area contributed by atoms with Gasteiger partial charge in [0.05, 0.1) is 5.69 Å². The highest BCUT2D eigenvalue weighted by atomic mass is 35.7. The third-order valence-corrected chi connectivity index (χ3v) is 4.44. The van der Waals surface area contributed by atoms with Gasteiger partial charge in [0.25, 0.3) is 9.05 Å². The highest BCUT2D eigenvalue weighted by Gasteiger charge is 2.26. The molecule has 18 heavy (non-hydrogen) atoms. The molecule has 0 aromatic carbocycles. The fourth-order valence-electron chi connectivity index (χ4n) is 1.96. The Hall–Kier alpha value is -1.07. The number of nitrogens with zero attached hydrogens (tertiary/aromatic N) is 2. The van der Waals surface area contributed by atoms with E-state index in [2.05, 4.69) is 4.98 Å². The van der Waals surface area contributed by atoms with Crippen LogP contribution in [0.25, 0.3) is 5.65 Å². The minimum atomic E-state index is -3.82. The lowest BCUT2D eigenvalue weighted by molar-refractivity contribution is 0.598. The van der Waals surface area contributed by atoms with E-state index in [9.17, 15) is 8.42 Å². The average molecular weight is 287 g/mol. The van der Waals surface area contributed by atoms with Crippen molar-refractivity contribution in [3.8, 4) is 0 Å². The first kappa shape index (κ1) is 13.4. The van der Waals surface area contributed by atoms with Crippen molar-refractivity contribution in [1.82, 2.24) is 9.38 Å². The van der Waals surface area contributed by atoms with Gasteiger partial charge in [0.2, 0.25) is 0 Å². The van der Waals surface area contributed by atoms with E-state index in [1.807, 2.05) is 26.8 Å². The molecule has 0 aliphatic rings.